The minimum atomic E-state index is -3.92. The first-order valence-electron chi connectivity index (χ1n) is 11.9. The molecule has 1 amide bonds. The van der Waals surface area contributed by atoms with Gasteiger partial charge in [0.2, 0.25) is 15.9 Å². The number of amides is 1. The Morgan fingerprint density at radius 2 is 2.05 bits per heavy atom. The number of benzene rings is 2. The van der Waals surface area contributed by atoms with Gasteiger partial charge in [0.1, 0.15) is 22.8 Å². The molecule has 1 unspecified atom stereocenters. The van der Waals surface area contributed by atoms with Gasteiger partial charge in [0.25, 0.3) is 0 Å². The van der Waals surface area contributed by atoms with Crippen LogP contribution in [0.3, 0.4) is 0 Å². The molecule has 0 aliphatic carbocycles. The van der Waals surface area contributed by atoms with Crippen molar-refractivity contribution in [3.63, 3.8) is 0 Å². The Hall–Kier alpha value is -3.18. The summed E-state index contributed by atoms with van der Waals surface area (Å²) in [6.45, 7) is 3.69. The highest BCUT2D eigenvalue weighted by Gasteiger charge is 2.35. The Balaban J connectivity index is 1.44. The summed E-state index contributed by atoms with van der Waals surface area (Å²) in [5.74, 6) is 0.305. The Labute approximate surface area is 230 Å². The number of para-hydroxylation sites is 1. The molecule has 1 aliphatic heterocycles. The quantitative estimate of drug-likeness (QED) is 0.348. The van der Waals surface area contributed by atoms with E-state index in [1.54, 1.807) is 18.6 Å². The van der Waals surface area contributed by atoms with Crippen molar-refractivity contribution in [2.75, 3.05) is 13.1 Å². The van der Waals surface area contributed by atoms with Gasteiger partial charge in [-0.1, -0.05) is 35.3 Å². The zero-order valence-electron chi connectivity index (χ0n) is 20.7. The van der Waals surface area contributed by atoms with Crippen LogP contribution >= 0.6 is 23.2 Å². The summed E-state index contributed by atoms with van der Waals surface area (Å²) in [7, 11) is -3.92. The molecule has 12 heteroatoms. The van der Waals surface area contributed by atoms with Gasteiger partial charge in [0.15, 0.2) is 0 Å². The number of nitrogens with one attached hydrogen (secondary N) is 1. The van der Waals surface area contributed by atoms with Gasteiger partial charge in [-0.25, -0.2) is 18.4 Å². The van der Waals surface area contributed by atoms with E-state index in [4.69, 9.17) is 27.9 Å². The fourth-order valence-corrected chi connectivity index (χ4v) is 6.97. The molecule has 4 aromatic rings. The van der Waals surface area contributed by atoms with Gasteiger partial charge >= 0.3 is 0 Å². The van der Waals surface area contributed by atoms with E-state index in [0.717, 1.165) is 16.8 Å². The first-order valence-corrected chi connectivity index (χ1v) is 14.1. The predicted molar refractivity (Wildman–Crippen MR) is 145 cm³/mol. The molecule has 1 fully saturated rings. The van der Waals surface area contributed by atoms with Crippen LogP contribution in [-0.2, 0) is 21.4 Å². The zero-order chi connectivity index (χ0) is 27.0. The molecular formula is C26H25Cl2N5O4S. The van der Waals surface area contributed by atoms with Crippen LogP contribution in [0.4, 0.5) is 0 Å². The standard InChI is InChI=1S/C26H25Cl2N5O4S/c1-16-12-22(32-11-9-29-15-32)19-4-3-5-23(26(19)30-16)37-14-20-21(27)6-7-24(25(20)28)38(35,36)33-10-8-18(13-33)31-17(2)34/h3-7,9,11-12,15,18H,8,10,13-14H2,1-2H3,(H,31,34). The van der Waals surface area contributed by atoms with E-state index in [-0.39, 0.29) is 46.6 Å². The molecule has 9 nitrogen and oxygen atoms in total. The Morgan fingerprint density at radius 3 is 2.79 bits per heavy atom. The number of carbonyl (C=O) groups excluding carboxylic acids is 1. The second-order valence-electron chi connectivity index (χ2n) is 9.08. The summed E-state index contributed by atoms with van der Waals surface area (Å²) in [5.41, 5.74) is 2.70. The molecule has 1 saturated heterocycles. The largest absolute Gasteiger partial charge is 0.487 e. The molecule has 3 heterocycles. The monoisotopic (exact) mass is 573 g/mol. The van der Waals surface area contributed by atoms with Crippen LogP contribution in [0.15, 0.2) is 60.0 Å². The van der Waals surface area contributed by atoms with Crippen LogP contribution in [0, 0.1) is 6.92 Å². The molecule has 0 saturated carbocycles. The summed E-state index contributed by atoms with van der Waals surface area (Å²) in [5, 5.41) is 3.92. The predicted octanol–water partition coefficient (Wildman–Crippen LogP) is 4.51. The highest BCUT2D eigenvalue weighted by molar-refractivity contribution is 7.89. The molecular weight excluding hydrogens is 549 g/mol. The molecule has 0 radical (unpaired) electrons. The molecule has 5 rings (SSSR count). The van der Waals surface area contributed by atoms with Gasteiger partial charge in [-0.05, 0) is 37.6 Å². The molecule has 198 valence electrons. The molecule has 1 atom stereocenters. The molecule has 2 aromatic heterocycles. The van der Waals surface area contributed by atoms with E-state index in [1.807, 2.05) is 35.9 Å². The summed E-state index contributed by atoms with van der Waals surface area (Å²) in [6, 6.07) is 10.2. The van der Waals surface area contributed by atoms with Gasteiger partial charge in [0, 0.05) is 60.1 Å². The van der Waals surface area contributed by atoms with E-state index in [0.29, 0.717) is 23.3 Å². The minimum absolute atomic E-state index is 0.00366. The number of imidazole rings is 1. The number of hydrogen-bond donors (Lipinski definition) is 1. The molecule has 1 aliphatic rings. The van der Waals surface area contributed by atoms with Gasteiger partial charge < -0.3 is 14.6 Å². The summed E-state index contributed by atoms with van der Waals surface area (Å²) in [4.78, 5) is 20.2. The van der Waals surface area contributed by atoms with Gasteiger partial charge in [-0.2, -0.15) is 4.31 Å². The number of halogens is 2. The summed E-state index contributed by atoms with van der Waals surface area (Å²) >= 11 is 13.1. The average Bonchev–Trinajstić information content (AvgIpc) is 3.56. The molecule has 1 N–H and O–H groups in total. The van der Waals surface area contributed by atoms with E-state index in [2.05, 4.69) is 15.3 Å². The van der Waals surface area contributed by atoms with Crippen LogP contribution in [0.5, 0.6) is 5.75 Å². The van der Waals surface area contributed by atoms with Crippen LogP contribution in [0.25, 0.3) is 16.6 Å². The lowest BCUT2D eigenvalue weighted by Crippen LogP contribution is -2.37. The smallest absolute Gasteiger partial charge is 0.244 e. The van der Waals surface area contributed by atoms with Crippen molar-refractivity contribution < 1.29 is 17.9 Å². The topological polar surface area (TPSA) is 106 Å². The highest BCUT2D eigenvalue weighted by atomic mass is 35.5. The van der Waals surface area contributed by atoms with Crippen LogP contribution < -0.4 is 10.1 Å². The summed E-state index contributed by atoms with van der Waals surface area (Å²) in [6.07, 6.45) is 5.79. The van der Waals surface area contributed by atoms with E-state index in [9.17, 15) is 13.2 Å². The van der Waals surface area contributed by atoms with Crippen LogP contribution in [0.1, 0.15) is 24.6 Å². The number of aromatic nitrogens is 3. The zero-order valence-corrected chi connectivity index (χ0v) is 23.0. The van der Waals surface area contributed by atoms with Gasteiger partial charge in [-0.15, -0.1) is 0 Å². The average molecular weight is 574 g/mol. The SMILES string of the molecule is CC(=O)NC1CCN(S(=O)(=O)c2ccc(Cl)c(COc3cccc4c(-n5ccnc5)cc(C)nc34)c2Cl)C1. The molecule has 0 bridgehead atoms. The Morgan fingerprint density at radius 1 is 1.24 bits per heavy atom. The van der Waals surface area contributed by atoms with Crippen molar-refractivity contribution in [3.05, 3.63) is 76.4 Å². The second kappa shape index (κ2) is 10.5. The van der Waals surface area contributed by atoms with Crippen molar-refractivity contribution in [3.8, 4) is 11.4 Å². The van der Waals surface area contributed by atoms with Gasteiger partial charge in [0.05, 0.1) is 17.0 Å². The molecule has 0 spiro atoms. The fraction of sp³-hybridized carbons (Fsp3) is 0.269. The first-order chi connectivity index (χ1) is 18.1. The summed E-state index contributed by atoms with van der Waals surface area (Å²) < 4.78 is 36.2. The minimum Gasteiger partial charge on any atom is -0.487 e. The number of hydrogen-bond acceptors (Lipinski definition) is 6. The maximum Gasteiger partial charge on any atom is 0.244 e. The van der Waals surface area contributed by atoms with Crippen molar-refractivity contribution in [2.45, 2.75) is 37.8 Å². The van der Waals surface area contributed by atoms with Crippen molar-refractivity contribution in [1.29, 1.82) is 0 Å². The third-order valence-electron chi connectivity index (χ3n) is 6.39. The number of sulfonamides is 1. The molecule has 38 heavy (non-hydrogen) atoms. The second-order valence-corrected chi connectivity index (χ2v) is 11.8. The van der Waals surface area contributed by atoms with Gasteiger partial charge in [-0.3, -0.25) is 4.79 Å². The lowest BCUT2D eigenvalue weighted by atomic mass is 10.1. The normalized spacial score (nSPS) is 16.2. The number of nitrogens with zero attached hydrogens (tertiary/aromatic N) is 4. The number of fused-ring (bicyclic) bond motifs is 1. The Bertz CT molecular complexity index is 1630. The first kappa shape index (κ1) is 26.4. The number of pyridine rings is 1. The number of carbonyl (C=O) groups is 1. The number of ether oxygens (including phenoxy) is 1. The van der Waals surface area contributed by atoms with E-state index in [1.165, 1.54) is 23.4 Å². The van der Waals surface area contributed by atoms with E-state index >= 15 is 0 Å². The van der Waals surface area contributed by atoms with Crippen molar-refractivity contribution in [1.82, 2.24) is 24.2 Å². The maximum absolute atomic E-state index is 13.4. The third kappa shape index (κ3) is 5.09. The van der Waals surface area contributed by atoms with Crippen LogP contribution in [-0.4, -0.2) is 52.3 Å². The number of aryl methyl sites for hydroxylation is 1. The maximum atomic E-state index is 13.4. The van der Waals surface area contributed by atoms with E-state index < -0.39 is 10.0 Å². The van der Waals surface area contributed by atoms with Crippen molar-refractivity contribution in [2.24, 2.45) is 0 Å². The lowest BCUT2D eigenvalue weighted by molar-refractivity contribution is -0.119. The Kier molecular flexibility index (Phi) is 7.32. The lowest BCUT2D eigenvalue weighted by Gasteiger charge is -2.19. The molecule has 2 aromatic carbocycles. The fourth-order valence-electron chi connectivity index (χ4n) is 4.61. The third-order valence-corrected chi connectivity index (χ3v) is 9.20. The highest BCUT2D eigenvalue weighted by Crippen LogP contribution is 2.36. The van der Waals surface area contributed by atoms with Crippen molar-refractivity contribution >= 4 is 50.0 Å². The van der Waals surface area contributed by atoms with Crippen LogP contribution in [0.2, 0.25) is 10.0 Å². The number of rotatable bonds is 7.